The highest BCUT2D eigenvalue weighted by molar-refractivity contribution is 6.01. The molecule has 1 aromatic carbocycles. The van der Waals surface area contributed by atoms with E-state index >= 15 is 4.39 Å². The third kappa shape index (κ3) is 4.56. The van der Waals surface area contributed by atoms with Crippen LogP contribution in [0.5, 0.6) is 0 Å². The molecule has 1 unspecified atom stereocenters. The third-order valence-electron chi connectivity index (χ3n) is 6.24. The number of hydrogen-bond acceptors (Lipinski definition) is 5. The van der Waals surface area contributed by atoms with E-state index in [1.54, 1.807) is 0 Å². The second-order valence-corrected chi connectivity index (χ2v) is 9.57. The second-order valence-electron chi connectivity index (χ2n) is 9.57. The number of pyridine rings is 1. The number of hydrogen-bond donors (Lipinski definition) is 1. The number of oxime groups is 1. The van der Waals surface area contributed by atoms with Crippen molar-refractivity contribution in [3.8, 4) is 0 Å². The van der Waals surface area contributed by atoms with Gasteiger partial charge in [0, 0.05) is 17.3 Å². The minimum absolute atomic E-state index is 0.0396. The minimum atomic E-state index is -5.49. The van der Waals surface area contributed by atoms with E-state index in [1.807, 2.05) is 0 Å². The summed E-state index contributed by atoms with van der Waals surface area (Å²) in [5, 5.41) is 13.1. The summed E-state index contributed by atoms with van der Waals surface area (Å²) in [5.74, 6) is -5.24. The van der Waals surface area contributed by atoms with Crippen molar-refractivity contribution in [3.05, 3.63) is 64.5 Å². The van der Waals surface area contributed by atoms with Crippen LogP contribution < -0.4 is 0 Å². The largest absolute Gasteiger partial charge is 0.435 e. The first kappa shape index (κ1) is 27.7. The van der Waals surface area contributed by atoms with Crippen LogP contribution in [0.1, 0.15) is 42.7 Å². The predicted octanol–water partition coefficient (Wildman–Crippen LogP) is 4.74. The van der Waals surface area contributed by atoms with Crippen LogP contribution in [0.4, 0.5) is 39.5 Å². The Morgan fingerprint density at radius 3 is 2.21 bits per heavy atom. The smallest absolute Gasteiger partial charge is 0.381 e. The molecule has 1 amide bonds. The maximum Gasteiger partial charge on any atom is 0.435 e. The van der Waals surface area contributed by atoms with Crippen molar-refractivity contribution >= 4 is 11.6 Å². The molecule has 0 bridgehead atoms. The van der Waals surface area contributed by atoms with Gasteiger partial charge in [0.25, 0.3) is 11.5 Å². The Labute approximate surface area is 208 Å². The van der Waals surface area contributed by atoms with Crippen molar-refractivity contribution in [2.24, 2.45) is 5.16 Å². The van der Waals surface area contributed by atoms with E-state index in [0.717, 1.165) is 23.2 Å². The van der Waals surface area contributed by atoms with Gasteiger partial charge in [-0.3, -0.25) is 9.78 Å². The Morgan fingerprint density at radius 1 is 1.08 bits per heavy atom. The quantitative estimate of drug-likeness (QED) is 0.554. The fourth-order valence-corrected chi connectivity index (χ4v) is 4.17. The summed E-state index contributed by atoms with van der Waals surface area (Å²) in [5.41, 5.74) is -11.7. The Bertz CT molecular complexity index is 1290. The SMILES string of the molecule is CC(C)(O)C(=O)N1CC(F)(c2ccc(C3=NOC(c4cc(F)c(F)c(C(F)(F)F)c4)(C(F)(F)F)C3)cn2)C1. The van der Waals surface area contributed by atoms with E-state index in [9.17, 15) is 45.0 Å². The van der Waals surface area contributed by atoms with Crippen molar-refractivity contribution in [2.45, 2.75) is 49.5 Å². The van der Waals surface area contributed by atoms with Crippen LogP contribution in [0.15, 0.2) is 35.6 Å². The van der Waals surface area contributed by atoms with E-state index in [2.05, 4.69) is 15.0 Å². The van der Waals surface area contributed by atoms with E-state index in [-0.39, 0.29) is 23.4 Å². The Kier molecular flexibility index (Phi) is 6.25. The average Bonchev–Trinajstić information content (AvgIpc) is 3.24. The van der Waals surface area contributed by atoms with Gasteiger partial charge in [0.2, 0.25) is 0 Å². The van der Waals surface area contributed by atoms with E-state index in [0.29, 0.717) is 0 Å². The summed E-state index contributed by atoms with van der Waals surface area (Å²) in [6.45, 7) is 1.61. The maximum atomic E-state index is 15.2. The van der Waals surface area contributed by atoms with Crippen LogP contribution in [-0.4, -0.2) is 51.5 Å². The molecule has 1 aromatic heterocycles. The topological polar surface area (TPSA) is 75.0 Å². The fourth-order valence-electron chi connectivity index (χ4n) is 4.17. The zero-order chi connectivity index (χ0) is 28.5. The van der Waals surface area contributed by atoms with Gasteiger partial charge in [-0.05, 0) is 38.1 Å². The Balaban J connectivity index is 1.59. The van der Waals surface area contributed by atoms with Gasteiger partial charge >= 0.3 is 12.4 Å². The molecule has 2 aliphatic heterocycles. The van der Waals surface area contributed by atoms with Crippen LogP contribution >= 0.6 is 0 Å². The molecule has 2 aromatic rings. The van der Waals surface area contributed by atoms with Gasteiger partial charge in [0.15, 0.2) is 17.3 Å². The van der Waals surface area contributed by atoms with Gasteiger partial charge in [-0.15, -0.1) is 0 Å². The van der Waals surface area contributed by atoms with Crippen LogP contribution in [-0.2, 0) is 27.1 Å². The van der Waals surface area contributed by atoms with Crippen molar-refractivity contribution in [1.82, 2.24) is 9.88 Å². The maximum absolute atomic E-state index is 15.2. The summed E-state index contributed by atoms with van der Waals surface area (Å²) in [4.78, 5) is 21.5. The second kappa shape index (κ2) is 8.58. The van der Waals surface area contributed by atoms with Gasteiger partial charge < -0.3 is 14.8 Å². The van der Waals surface area contributed by atoms with Crippen molar-refractivity contribution in [2.75, 3.05) is 13.1 Å². The molecule has 1 saturated heterocycles. The summed E-state index contributed by atoms with van der Waals surface area (Å²) in [7, 11) is 0. The molecule has 2 aliphatic rings. The molecule has 6 nitrogen and oxygen atoms in total. The predicted molar refractivity (Wildman–Crippen MR) is 111 cm³/mol. The van der Waals surface area contributed by atoms with Gasteiger partial charge in [-0.2, -0.15) is 26.3 Å². The molecular weight excluding hydrogens is 537 g/mol. The van der Waals surface area contributed by atoms with Crippen molar-refractivity contribution in [3.63, 3.8) is 0 Å². The fraction of sp³-hybridized carbons (Fsp3) is 0.435. The molecule has 38 heavy (non-hydrogen) atoms. The number of halogens is 9. The highest BCUT2D eigenvalue weighted by Crippen LogP contribution is 2.50. The molecule has 0 saturated carbocycles. The number of nitrogens with zero attached hydrogens (tertiary/aromatic N) is 3. The van der Waals surface area contributed by atoms with Crippen molar-refractivity contribution in [1.29, 1.82) is 0 Å². The number of benzene rings is 1. The zero-order valence-electron chi connectivity index (χ0n) is 19.5. The summed E-state index contributed by atoms with van der Waals surface area (Å²) in [6.07, 6.45) is -11.2. The van der Waals surface area contributed by atoms with Crippen LogP contribution in [0, 0.1) is 11.6 Å². The lowest BCUT2D eigenvalue weighted by Gasteiger charge is -2.45. The molecule has 3 heterocycles. The zero-order valence-corrected chi connectivity index (χ0v) is 19.5. The molecule has 0 spiro atoms. The first-order chi connectivity index (χ1) is 17.3. The molecule has 4 rings (SSSR count). The van der Waals surface area contributed by atoms with Gasteiger partial charge in [0.1, 0.15) is 5.60 Å². The third-order valence-corrected chi connectivity index (χ3v) is 6.24. The van der Waals surface area contributed by atoms with Gasteiger partial charge in [-0.25, -0.2) is 13.2 Å². The number of aromatic nitrogens is 1. The Hall–Kier alpha value is -3.36. The highest BCUT2D eigenvalue weighted by Gasteiger charge is 2.63. The lowest BCUT2D eigenvalue weighted by atomic mass is 9.85. The molecule has 206 valence electrons. The summed E-state index contributed by atoms with van der Waals surface area (Å²) in [6, 6.07) is 2.04. The van der Waals surface area contributed by atoms with E-state index < -0.39 is 83.1 Å². The number of rotatable bonds is 4. The lowest BCUT2D eigenvalue weighted by Crippen LogP contribution is -2.62. The number of aliphatic hydroxyl groups is 1. The lowest BCUT2D eigenvalue weighted by molar-refractivity contribution is -0.276. The summed E-state index contributed by atoms with van der Waals surface area (Å²) >= 11 is 0. The molecule has 0 aliphatic carbocycles. The van der Waals surface area contributed by atoms with Crippen LogP contribution in [0.3, 0.4) is 0 Å². The first-order valence-corrected chi connectivity index (χ1v) is 10.8. The Morgan fingerprint density at radius 2 is 1.71 bits per heavy atom. The molecular formula is C23H18F9N3O3. The first-order valence-electron chi connectivity index (χ1n) is 10.8. The number of amides is 1. The van der Waals surface area contributed by atoms with E-state index in [4.69, 9.17) is 0 Å². The molecule has 0 radical (unpaired) electrons. The highest BCUT2D eigenvalue weighted by atomic mass is 19.4. The van der Waals surface area contributed by atoms with Crippen LogP contribution in [0.2, 0.25) is 0 Å². The molecule has 1 fully saturated rings. The number of carbonyl (C=O) groups is 1. The van der Waals surface area contributed by atoms with Gasteiger partial charge in [0.05, 0.1) is 36.5 Å². The minimum Gasteiger partial charge on any atom is -0.381 e. The average molecular weight is 555 g/mol. The number of alkyl halides is 7. The molecule has 1 N–H and O–H groups in total. The molecule has 1 atom stereocenters. The van der Waals surface area contributed by atoms with Crippen LogP contribution in [0.25, 0.3) is 0 Å². The summed E-state index contributed by atoms with van der Waals surface area (Å²) < 4.78 is 124. The standard InChI is InChI=1S/C23H18F9N3O3/c1-19(2,37)18(36)35-9-20(26,10-35)16-4-3-11(8-33-16)15-7-21(38-34-15,23(30,31)32)12-5-13(22(27,28)29)17(25)14(24)6-12/h3-6,8,37H,7,9-10H2,1-2H3. The van der Waals surface area contributed by atoms with E-state index in [1.165, 1.54) is 13.8 Å². The van der Waals surface area contributed by atoms with Crippen molar-refractivity contribution < 1.29 is 54.3 Å². The number of carbonyl (C=O) groups excluding carboxylic acids is 1. The number of likely N-dealkylation sites (tertiary alicyclic amines) is 1. The monoisotopic (exact) mass is 555 g/mol. The normalized spacial score (nSPS) is 21.6. The van der Waals surface area contributed by atoms with Gasteiger partial charge in [-0.1, -0.05) is 5.16 Å². The molecule has 15 heteroatoms.